The normalized spacial score (nSPS) is 10.6. The van der Waals surface area contributed by atoms with E-state index >= 15 is 0 Å². The molecule has 96 valence electrons. The second-order valence-corrected chi connectivity index (χ2v) is 4.68. The molecule has 0 radical (unpaired) electrons. The van der Waals surface area contributed by atoms with Crippen LogP contribution in [-0.2, 0) is 6.54 Å². The van der Waals surface area contributed by atoms with E-state index in [1.807, 2.05) is 24.3 Å². The molecule has 6 heteroatoms. The lowest BCUT2D eigenvalue weighted by Crippen LogP contribution is -2.00. The Kier molecular flexibility index (Phi) is 3.33. The van der Waals surface area contributed by atoms with Gasteiger partial charge in [-0.2, -0.15) is 4.98 Å². The van der Waals surface area contributed by atoms with E-state index in [1.54, 1.807) is 18.4 Å². The molecule has 1 N–H and O–H groups in total. The highest BCUT2D eigenvalue weighted by Gasteiger charge is 2.10. The van der Waals surface area contributed by atoms with Crippen molar-refractivity contribution in [2.75, 3.05) is 5.32 Å². The molecule has 0 amide bonds. The van der Waals surface area contributed by atoms with Gasteiger partial charge in [0.1, 0.15) is 0 Å². The Balaban J connectivity index is 1.70. The number of para-hydroxylation sites is 1. The van der Waals surface area contributed by atoms with Crippen LogP contribution in [0.15, 0.2) is 56.1 Å². The summed E-state index contributed by atoms with van der Waals surface area (Å²) in [5.41, 5.74) is 0.972. The molecule has 0 spiro atoms. The van der Waals surface area contributed by atoms with Gasteiger partial charge in [0.25, 0.3) is 0 Å². The molecule has 3 aromatic rings. The van der Waals surface area contributed by atoms with Crippen LogP contribution >= 0.6 is 15.9 Å². The summed E-state index contributed by atoms with van der Waals surface area (Å²) in [5, 5.41) is 7.08. The minimum Gasteiger partial charge on any atom is -0.461 e. The largest absolute Gasteiger partial charge is 0.461 e. The van der Waals surface area contributed by atoms with Gasteiger partial charge in [0.2, 0.25) is 11.7 Å². The number of nitrogens with one attached hydrogen (secondary N) is 1. The van der Waals surface area contributed by atoms with Crippen molar-refractivity contribution < 1.29 is 8.94 Å². The number of furan rings is 1. The Morgan fingerprint density at radius 3 is 2.84 bits per heavy atom. The van der Waals surface area contributed by atoms with Gasteiger partial charge in [0.15, 0.2) is 5.76 Å². The van der Waals surface area contributed by atoms with Crippen LogP contribution in [0.3, 0.4) is 0 Å². The fourth-order valence-corrected chi connectivity index (χ4v) is 2.03. The maximum Gasteiger partial charge on any atom is 0.246 e. The summed E-state index contributed by atoms with van der Waals surface area (Å²) in [6.07, 6.45) is 1.57. The Morgan fingerprint density at radius 1 is 1.16 bits per heavy atom. The van der Waals surface area contributed by atoms with Crippen LogP contribution in [0.4, 0.5) is 5.69 Å². The summed E-state index contributed by atoms with van der Waals surface area (Å²) in [6, 6.07) is 11.4. The average molecular weight is 320 g/mol. The highest BCUT2D eigenvalue weighted by atomic mass is 79.9. The number of halogens is 1. The molecule has 2 heterocycles. The van der Waals surface area contributed by atoms with Gasteiger partial charge in [-0.3, -0.25) is 0 Å². The van der Waals surface area contributed by atoms with Crippen LogP contribution in [0, 0.1) is 0 Å². The van der Waals surface area contributed by atoms with E-state index in [9.17, 15) is 0 Å². The van der Waals surface area contributed by atoms with Gasteiger partial charge in [-0.05, 0) is 40.2 Å². The number of hydrogen-bond acceptors (Lipinski definition) is 5. The monoisotopic (exact) mass is 319 g/mol. The lowest BCUT2D eigenvalue weighted by Gasteiger charge is -2.04. The number of hydrogen-bond donors (Lipinski definition) is 1. The summed E-state index contributed by atoms with van der Waals surface area (Å²) >= 11 is 3.46. The standard InChI is InChI=1S/C13H10BrN3O2/c14-9-4-1-2-5-10(9)15-8-12-16-13(17-19-12)11-6-3-7-18-11/h1-7,15H,8H2. The topological polar surface area (TPSA) is 64.1 Å². The Labute approximate surface area is 117 Å². The first kappa shape index (κ1) is 12.0. The van der Waals surface area contributed by atoms with E-state index in [-0.39, 0.29) is 0 Å². The predicted octanol–water partition coefficient (Wildman–Crippen LogP) is 3.70. The van der Waals surface area contributed by atoms with Gasteiger partial charge in [-0.25, -0.2) is 0 Å². The summed E-state index contributed by atoms with van der Waals surface area (Å²) in [7, 11) is 0. The van der Waals surface area contributed by atoms with E-state index in [0.717, 1.165) is 10.2 Å². The number of nitrogens with zero attached hydrogens (tertiary/aromatic N) is 2. The van der Waals surface area contributed by atoms with Crippen molar-refractivity contribution in [2.24, 2.45) is 0 Å². The molecule has 3 rings (SSSR count). The lowest BCUT2D eigenvalue weighted by molar-refractivity contribution is 0.382. The van der Waals surface area contributed by atoms with Crippen molar-refractivity contribution in [1.82, 2.24) is 10.1 Å². The Morgan fingerprint density at radius 2 is 2.05 bits per heavy atom. The summed E-state index contributed by atoms with van der Waals surface area (Å²) in [4.78, 5) is 4.25. The van der Waals surface area contributed by atoms with Crippen LogP contribution in [0.25, 0.3) is 11.6 Å². The number of rotatable bonds is 4. The summed E-state index contributed by atoms with van der Waals surface area (Å²) in [6.45, 7) is 0.455. The Hall–Kier alpha value is -2.08. The molecule has 1 aromatic carbocycles. The molecule has 2 aromatic heterocycles. The summed E-state index contributed by atoms with van der Waals surface area (Å²) < 4.78 is 11.3. The van der Waals surface area contributed by atoms with Crippen molar-refractivity contribution in [3.05, 3.63) is 53.0 Å². The third-order valence-electron chi connectivity index (χ3n) is 2.51. The third-order valence-corrected chi connectivity index (χ3v) is 3.21. The zero-order valence-corrected chi connectivity index (χ0v) is 11.4. The Bertz CT molecular complexity index is 664. The number of anilines is 1. The van der Waals surface area contributed by atoms with Gasteiger partial charge in [-0.1, -0.05) is 17.3 Å². The highest BCUT2D eigenvalue weighted by molar-refractivity contribution is 9.10. The number of aromatic nitrogens is 2. The van der Waals surface area contributed by atoms with Crippen LogP contribution in [0.5, 0.6) is 0 Å². The zero-order chi connectivity index (χ0) is 13.1. The first-order valence-electron chi connectivity index (χ1n) is 5.68. The highest BCUT2D eigenvalue weighted by Crippen LogP contribution is 2.22. The van der Waals surface area contributed by atoms with Gasteiger partial charge in [-0.15, -0.1) is 0 Å². The van der Waals surface area contributed by atoms with Crippen molar-refractivity contribution >= 4 is 21.6 Å². The first-order valence-corrected chi connectivity index (χ1v) is 6.47. The van der Waals surface area contributed by atoms with E-state index in [4.69, 9.17) is 8.94 Å². The maximum atomic E-state index is 5.20. The van der Waals surface area contributed by atoms with E-state index in [0.29, 0.717) is 24.0 Å². The first-order chi connectivity index (χ1) is 9.33. The molecule has 19 heavy (non-hydrogen) atoms. The molecule has 0 bridgehead atoms. The molecular weight excluding hydrogens is 310 g/mol. The molecule has 0 atom stereocenters. The van der Waals surface area contributed by atoms with Crippen LogP contribution in [-0.4, -0.2) is 10.1 Å². The molecule has 0 saturated carbocycles. The molecule has 0 aliphatic carbocycles. The van der Waals surface area contributed by atoms with Crippen LogP contribution in [0.2, 0.25) is 0 Å². The molecule has 0 fully saturated rings. The summed E-state index contributed by atoms with van der Waals surface area (Å²) in [5.74, 6) is 1.55. The maximum absolute atomic E-state index is 5.20. The molecule has 5 nitrogen and oxygen atoms in total. The van der Waals surface area contributed by atoms with Gasteiger partial charge >= 0.3 is 0 Å². The van der Waals surface area contributed by atoms with E-state index in [2.05, 4.69) is 31.4 Å². The smallest absolute Gasteiger partial charge is 0.246 e. The second kappa shape index (κ2) is 5.27. The van der Waals surface area contributed by atoms with Gasteiger partial charge in [0.05, 0.1) is 12.8 Å². The minimum atomic E-state index is 0.453. The van der Waals surface area contributed by atoms with Crippen molar-refractivity contribution in [2.45, 2.75) is 6.54 Å². The van der Waals surface area contributed by atoms with Crippen LogP contribution in [0.1, 0.15) is 5.89 Å². The van der Waals surface area contributed by atoms with Gasteiger partial charge in [0, 0.05) is 10.2 Å². The molecule has 0 saturated heterocycles. The van der Waals surface area contributed by atoms with E-state index < -0.39 is 0 Å². The number of benzene rings is 1. The van der Waals surface area contributed by atoms with Crippen LogP contribution < -0.4 is 5.32 Å². The second-order valence-electron chi connectivity index (χ2n) is 3.82. The lowest BCUT2D eigenvalue weighted by atomic mass is 10.3. The zero-order valence-electron chi connectivity index (χ0n) is 9.84. The predicted molar refractivity (Wildman–Crippen MR) is 73.5 cm³/mol. The third kappa shape index (κ3) is 2.68. The minimum absolute atomic E-state index is 0.453. The SMILES string of the molecule is Brc1ccccc1NCc1nc(-c2ccco2)no1. The molecular formula is C13H10BrN3O2. The quantitative estimate of drug-likeness (QED) is 0.794. The fraction of sp³-hybridized carbons (Fsp3) is 0.0769. The van der Waals surface area contributed by atoms with Crippen molar-refractivity contribution in [1.29, 1.82) is 0 Å². The molecule has 0 aliphatic heterocycles. The van der Waals surface area contributed by atoms with Gasteiger partial charge < -0.3 is 14.3 Å². The van der Waals surface area contributed by atoms with E-state index in [1.165, 1.54) is 0 Å². The molecule has 0 aliphatic rings. The fourth-order valence-electron chi connectivity index (χ4n) is 1.61. The van der Waals surface area contributed by atoms with Crippen molar-refractivity contribution in [3.8, 4) is 11.6 Å². The average Bonchev–Trinajstić information content (AvgIpc) is 3.09. The van der Waals surface area contributed by atoms with Crippen molar-refractivity contribution in [3.63, 3.8) is 0 Å². The molecule has 0 unspecified atom stereocenters.